The van der Waals surface area contributed by atoms with Crippen molar-refractivity contribution in [2.45, 2.75) is 38.0 Å². The van der Waals surface area contributed by atoms with Gasteiger partial charge in [0.25, 0.3) is 5.91 Å². The van der Waals surface area contributed by atoms with Crippen LogP contribution in [0, 0.1) is 23.6 Å². The highest BCUT2D eigenvalue weighted by molar-refractivity contribution is 5.98. The number of benzene rings is 2. The van der Waals surface area contributed by atoms with Crippen LogP contribution in [0.1, 0.15) is 41.6 Å². The summed E-state index contributed by atoms with van der Waals surface area (Å²) in [5, 5.41) is 6.00. The molecule has 2 aromatic carbocycles. The van der Waals surface area contributed by atoms with Crippen LogP contribution in [-0.4, -0.2) is 24.6 Å². The zero-order valence-corrected chi connectivity index (χ0v) is 17.3. The van der Waals surface area contributed by atoms with Crippen molar-refractivity contribution >= 4 is 11.8 Å². The van der Waals surface area contributed by atoms with Gasteiger partial charge in [-0.15, -0.1) is 0 Å². The van der Waals surface area contributed by atoms with Crippen LogP contribution in [0.2, 0.25) is 0 Å². The Bertz CT molecular complexity index is 1040. The van der Waals surface area contributed by atoms with Crippen molar-refractivity contribution in [2.24, 2.45) is 17.8 Å². The molecule has 3 fully saturated rings. The molecule has 162 valence electrons. The SMILES string of the molecule is COc1ccc2c(c1)O[C@]1(C[C@H]3CC[C@H]1C[C@@H]3C(=O)NCc1ccccc1F)NC2=O. The first-order valence-corrected chi connectivity index (χ1v) is 10.7. The van der Waals surface area contributed by atoms with Crippen molar-refractivity contribution in [2.75, 3.05) is 7.11 Å². The van der Waals surface area contributed by atoms with Crippen molar-refractivity contribution in [1.29, 1.82) is 0 Å². The molecule has 1 aliphatic heterocycles. The predicted octanol–water partition coefficient (Wildman–Crippen LogP) is 3.41. The van der Waals surface area contributed by atoms with Crippen molar-refractivity contribution < 1.29 is 23.5 Å². The van der Waals surface area contributed by atoms with Crippen molar-refractivity contribution in [3.8, 4) is 11.5 Å². The Morgan fingerprint density at radius 1 is 1.29 bits per heavy atom. The number of methoxy groups -OCH3 is 1. The van der Waals surface area contributed by atoms with Crippen LogP contribution in [0.5, 0.6) is 11.5 Å². The molecular formula is C24H25FN2O4. The summed E-state index contributed by atoms with van der Waals surface area (Å²) in [6.07, 6.45) is 3.01. The maximum atomic E-state index is 13.9. The summed E-state index contributed by atoms with van der Waals surface area (Å²) in [7, 11) is 1.58. The number of hydrogen-bond acceptors (Lipinski definition) is 4. The highest BCUT2D eigenvalue weighted by Gasteiger charge is 2.57. The van der Waals surface area contributed by atoms with Crippen molar-refractivity contribution in [1.82, 2.24) is 10.6 Å². The second kappa shape index (κ2) is 7.55. The van der Waals surface area contributed by atoms with Gasteiger partial charge in [-0.1, -0.05) is 18.2 Å². The Labute approximate surface area is 180 Å². The standard InChI is InChI=1S/C24H25FN2O4/c1-30-17-8-9-18-21(11-17)31-24(27-23(18)29)12-14-6-7-16(24)10-19(14)22(28)26-13-15-4-2-3-5-20(15)25/h2-5,8-9,11,14,16,19H,6-7,10,12-13H2,1H3,(H,26,28)(H,27,29)/t14-,16+,19+,24+/m1/s1. The van der Waals surface area contributed by atoms with E-state index in [1.807, 2.05) is 0 Å². The summed E-state index contributed by atoms with van der Waals surface area (Å²) in [6.45, 7) is 0.172. The topological polar surface area (TPSA) is 76.7 Å². The fraction of sp³-hybridized carbons (Fsp3) is 0.417. The quantitative estimate of drug-likeness (QED) is 0.789. The molecule has 0 aromatic heterocycles. The van der Waals surface area contributed by atoms with Gasteiger partial charge in [-0.3, -0.25) is 9.59 Å². The molecule has 0 unspecified atom stereocenters. The van der Waals surface area contributed by atoms with Crippen LogP contribution in [-0.2, 0) is 11.3 Å². The molecule has 2 bridgehead atoms. The molecule has 2 aromatic rings. The molecule has 3 aliphatic carbocycles. The molecule has 0 radical (unpaired) electrons. The molecule has 1 heterocycles. The highest BCUT2D eigenvalue weighted by Crippen LogP contribution is 2.52. The van der Waals surface area contributed by atoms with E-state index in [4.69, 9.17) is 9.47 Å². The van der Waals surface area contributed by atoms with Crippen molar-refractivity contribution in [3.05, 3.63) is 59.4 Å². The van der Waals surface area contributed by atoms with Gasteiger partial charge < -0.3 is 20.1 Å². The third kappa shape index (κ3) is 3.42. The van der Waals surface area contributed by atoms with Gasteiger partial charge in [-0.05, 0) is 43.4 Å². The Kier molecular flexibility index (Phi) is 4.84. The minimum absolute atomic E-state index is 0.0324. The number of carbonyl (C=O) groups excluding carboxylic acids is 2. The third-order valence-corrected chi connectivity index (χ3v) is 7.02. The van der Waals surface area contributed by atoms with E-state index in [0.29, 0.717) is 35.5 Å². The lowest BCUT2D eigenvalue weighted by Gasteiger charge is -2.55. The van der Waals surface area contributed by atoms with Gasteiger partial charge in [0, 0.05) is 36.4 Å². The normalized spacial score (nSPS) is 28.5. The lowest BCUT2D eigenvalue weighted by atomic mass is 9.60. The molecule has 2 amide bonds. The highest BCUT2D eigenvalue weighted by atomic mass is 19.1. The first-order valence-electron chi connectivity index (χ1n) is 10.7. The summed E-state index contributed by atoms with van der Waals surface area (Å²) < 4.78 is 25.5. The van der Waals surface area contributed by atoms with Crippen LogP contribution >= 0.6 is 0 Å². The first-order chi connectivity index (χ1) is 15.0. The fourth-order valence-corrected chi connectivity index (χ4v) is 5.39. The molecule has 31 heavy (non-hydrogen) atoms. The minimum Gasteiger partial charge on any atom is -0.497 e. The monoisotopic (exact) mass is 424 g/mol. The van der Waals surface area contributed by atoms with E-state index in [9.17, 15) is 14.0 Å². The lowest BCUT2D eigenvalue weighted by molar-refractivity contribution is -0.146. The summed E-state index contributed by atoms with van der Waals surface area (Å²) in [4.78, 5) is 25.7. The van der Waals surface area contributed by atoms with E-state index >= 15 is 0 Å². The Hall–Kier alpha value is -3.09. The van der Waals surface area contributed by atoms with E-state index in [-0.39, 0.29) is 41.9 Å². The predicted molar refractivity (Wildman–Crippen MR) is 111 cm³/mol. The number of halogens is 1. The number of rotatable bonds is 4. The van der Waals surface area contributed by atoms with Crippen molar-refractivity contribution in [3.63, 3.8) is 0 Å². The van der Waals surface area contributed by atoms with Gasteiger partial charge in [0.05, 0.1) is 12.7 Å². The third-order valence-electron chi connectivity index (χ3n) is 7.02. The summed E-state index contributed by atoms with van der Waals surface area (Å²) >= 11 is 0. The maximum Gasteiger partial charge on any atom is 0.258 e. The Morgan fingerprint density at radius 2 is 2.13 bits per heavy atom. The summed E-state index contributed by atoms with van der Waals surface area (Å²) in [5.74, 6) is 0.589. The molecule has 2 N–H and O–H groups in total. The molecule has 6 nitrogen and oxygen atoms in total. The van der Waals surface area contributed by atoms with Crippen LogP contribution in [0.25, 0.3) is 0 Å². The fourth-order valence-electron chi connectivity index (χ4n) is 5.39. The lowest BCUT2D eigenvalue weighted by Crippen LogP contribution is -2.66. The number of ether oxygens (including phenoxy) is 2. The molecule has 4 aliphatic rings. The van der Waals surface area contributed by atoms with Crippen LogP contribution in [0.15, 0.2) is 42.5 Å². The van der Waals surface area contributed by atoms with E-state index in [0.717, 1.165) is 12.8 Å². The van der Waals surface area contributed by atoms with Crippen LogP contribution in [0.3, 0.4) is 0 Å². The van der Waals surface area contributed by atoms with E-state index in [1.165, 1.54) is 6.07 Å². The van der Waals surface area contributed by atoms with Gasteiger partial charge in [0.2, 0.25) is 5.91 Å². The van der Waals surface area contributed by atoms with Crippen LogP contribution in [0.4, 0.5) is 4.39 Å². The van der Waals surface area contributed by atoms with Gasteiger partial charge >= 0.3 is 0 Å². The van der Waals surface area contributed by atoms with Crippen LogP contribution < -0.4 is 20.1 Å². The zero-order valence-electron chi connectivity index (χ0n) is 17.3. The number of nitrogens with one attached hydrogen (secondary N) is 2. The molecule has 7 heteroatoms. The largest absolute Gasteiger partial charge is 0.497 e. The summed E-state index contributed by atoms with van der Waals surface area (Å²) in [5.41, 5.74) is 0.176. The number of hydrogen-bond donors (Lipinski definition) is 2. The summed E-state index contributed by atoms with van der Waals surface area (Å²) in [6, 6.07) is 11.6. The number of amides is 2. The molecule has 6 rings (SSSR count). The molecular weight excluding hydrogens is 399 g/mol. The van der Waals surface area contributed by atoms with Gasteiger partial charge in [0.1, 0.15) is 17.3 Å². The minimum atomic E-state index is -0.790. The maximum absolute atomic E-state index is 13.9. The number of carbonyl (C=O) groups is 2. The second-order valence-corrected chi connectivity index (χ2v) is 8.70. The van der Waals surface area contributed by atoms with E-state index in [2.05, 4.69) is 10.6 Å². The van der Waals surface area contributed by atoms with Gasteiger partial charge in [-0.2, -0.15) is 0 Å². The van der Waals surface area contributed by atoms with E-state index in [1.54, 1.807) is 43.5 Å². The smallest absolute Gasteiger partial charge is 0.258 e. The Morgan fingerprint density at radius 3 is 2.87 bits per heavy atom. The molecule has 3 saturated carbocycles. The van der Waals surface area contributed by atoms with Gasteiger partial charge in [0.15, 0.2) is 5.72 Å². The average molecular weight is 424 g/mol. The molecule has 4 atom stereocenters. The molecule has 0 saturated heterocycles. The molecule has 1 spiro atoms. The average Bonchev–Trinajstić information content (AvgIpc) is 2.78. The van der Waals surface area contributed by atoms with E-state index < -0.39 is 5.72 Å². The second-order valence-electron chi connectivity index (χ2n) is 8.70. The zero-order chi connectivity index (χ0) is 21.6. The first kappa shape index (κ1) is 19.8. The number of fused-ring (bicyclic) bond motifs is 3. The van der Waals surface area contributed by atoms with Gasteiger partial charge in [-0.25, -0.2) is 4.39 Å². The Balaban J connectivity index is 1.31.